The molecular formula is C23H27F3INO. The SMILES string of the molecule is C[N+]1(C)C2CCC1CC(OC(c1ccccc1)c1ccccc1C(F)(F)F)C2.[I-]. The van der Waals surface area contributed by atoms with Crippen LogP contribution in [0.3, 0.4) is 0 Å². The highest BCUT2D eigenvalue weighted by Crippen LogP contribution is 2.44. The summed E-state index contributed by atoms with van der Waals surface area (Å²) in [5, 5.41) is 0. The van der Waals surface area contributed by atoms with Gasteiger partial charge in [0.15, 0.2) is 0 Å². The second kappa shape index (κ2) is 8.55. The fraction of sp³-hybridized carbons (Fsp3) is 0.478. The molecule has 2 fully saturated rings. The number of hydrogen-bond donors (Lipinski definition) is 0. The van der Waals surface area contributed by atoms with Gasteiger partial charge in [0.25, 0.3) is 0 Å². The zero-order valence-electron chi connectivity index (χ0n) is 16.7. The van der Waals surface area contributed by atoms with Crippen molar-refractivity contribution >= 4 is 0 Å². The molecule has 3 atom stereocenters. The van der Waals surface area contributed by atoms with E-state index >= 15 is 0 Å². The first-order valence-corrected chi connectivity index (χ1v) is 9.96. The van der Waals surface area contributed by atoms with Crippen LogP contribution in [-0.2, 0) is 10.9 Å². The monoisotopic (exact) mass is 517 g/mol. The van der Waals surface area contributed by atoms with Crippen LogP contribution in [-0.4, -0.2) is 36.8 Å². The van der Waals surface area contributed by atoms with Crippen LogP contribution >= 0.6 is 0 Å². The van der Waals surface area contributed by atoms with Gasteiger partial charge in [0, 0.05) is 25.7 Å². The number of fused-ring (bicyclic) bond motifs is 2. The van der Waals surface area contributed by atoms with E-state index in [0.29, 0.717) is 12.1 Å². The lowest BCUT2D eigenvalue weighted by Gasteiger charge is -2.44. The van der Waals surface area contributed by atoms with Gasteiger partial charge in [-0.3, -0.25) is 0 Å². The maximum atomic E-state index is 13.7. The summed E-state index contributed by atoms with van der Waals surface area (Å²) < 4.78 is 48.5. The molecular weight excluding hydrogens is 490 g/mol. The summed E-state index contributed by atoms with van der Waals surface area (Å²) >= 11 is 0. The summed E-state index contributed by atoms with van der Waals surface area (Å²) in [5.74, 6) is 0. The molecule has 0 radical (unpaired) electrons. The van der Waals surface area contributed by atoms with E-state index < -0.39 is 17.8 Å². The Morgan fingerprint density at radius 3 is 2.03 bits per heavy atom. The lowest BCUT2D eigenvalue weighted by atomic mass is 9.94. The first-order chi connectivity index (χ1) is 13.3. The molecule has 0 saturated carbocycles. The smallest absolute Gasteiger partial charge is 0.416 e. The third-order valence-corrected chi connectivity index (χ3v) is 6.76. The molecule has 2 saturated heterocycles. The molecule has 2 nitrogen and oxygen atoms in total. The summed E-state index contributed by atoms with van der Waals surface area (Å²) in [6, 6.07) is 16.2. The molecule has 158 valence electrons. The molecule has 6 heteroatoms. The van der Waals surface area contributed by atoms with Crippen LogP contribution < -0.4 is 24.0 Å². The van der Waals surface area contributed by atoms with Gasteiger partial charge in [0.1, 0.15) is 6.10 Å². The topological polar surface area (TPSA) is 9.23 Å². The van der Waals surface area contributed by atoms with Crippen LogP contribution in [0.2, 0.25) is 0 Å². The predicted octanol–water partition coefficient (Wildman–Crippen LogP) is 2.59. The fourth-order valence-electron chi connectivity index (χ4n) is 5.08. The maximum Gasteiger partial charge on any atom is 0.416 e. The zero-order chi connectivity index (χ0) is 19.9. The van der Waals surface area contributed by atoms with Crippen molar-refractivity contribution in [3.8, 4) is 0 Å². The molecule has 2 aromatic rings. The number of ether oxygens (including phenoxy) is 1. The van der Waals surface area contributed by atoms with Gasteiger partial charge in [-0.25, -0.2) is 0 Å². The molecule has 0 aliphatic carbocycles. The number of benzene rings is 2. The Balaban J connectivity index is 0.00000240. The van der Waals surface area contributed by atoms with Crippen LogP contribution in [0.1, 0.15) is 48.5 Å². The van der Waals surface area contributed by atoms with Gasteiger partial charge in [0.2, 0.25) is 0 Å². The van der Waals surface area contributed by atoms with Crippen LogP contribution in [0, 0.1) is 0 Å². The highest BCUT2D eigenvalue weighted by atomic mass is 127. The van der Waals surface area contributed by atoms with E-state index in [4.69, 9.17) is 4.74 Å². The van der Waals surface area contributed by atoms with Crippen LogP contribution in [0.25, 0.3) is 0 Å². The van der Waals surface area contributed by atoms with E-state index in [-0.39, 0.29) is 35.6 Å². The van der Waals surface area contributed by atoms with Crippen LogP contribution in [0.4, 0.5) is 13.2 Å². The van der Waals surface area contributed by atoms with Gasteiger partial charge in [-0.15, -0.1) is 0 Å². The number of hydrogen-bond acceptors (Lipinski definition) is 1. The van der Waals surface area contributed by atoms with Crippen molar-refractivity contribution in [3.05, 3.63) is 71.3 Å². The van der Waals surface area contributed by atoms with Crippen molar-refractivity contribution < 1.29 is 46.4 Å². The Morgan fingerprint density at radius 1 is 0.897 bits per heavy atom. The number of alkyl halides is 3. The van der Waals surface area contributed by atoms with E-state index in [1.807, 2.05) is 30.3 Å². The van der Waals surface area contributed by atoms with Crippen molar-refractivity contribution in [2.75, 3.05) is 14.1 Å². The Labute approximate surface area is 187 Å². The van der Waals surface area contributed by atoms with E-state index in [0.717, 1.165) is 29.0 Å². The molecule has 0 spiro atoms. The number of halogens is 4. The van der Waals surface area contributed by atoms with Crippen molar-refractivity contribution in [3.63, 3.8) is 0 Å². The normalized spacial score (nSPS) is 26.6. The molecule has 2 heterocycles. The zero-order valence-corrected chi connectivity index (χ0v) is 18.9. The summed E-state index contributed by atoms with van der Waals surface area (Å²) in [7, 11) is 4.54. The Bertz CT molecular complexity index is 808. The number of quaternary nitrogens is 1. The van der Waals surface area contributed by atoms with Gasteiger partial charge in [0.05, 0.1) is 37.8 Å². The van der Waals surface area contributed by atoms with Gasteiger partial charge in [-0.05, 0) is 17.2 Å². The molecule has 0 amide bonds. The molecule has 4 rings (SSSR count). The quantitative estimate of drug-likeness (QED) is 0.448. The van der Waals surface area contributed by atoms with Gasteiger partial charge >= 0.3 is 6.18 Å². The molecule has 0 N–H and O–H groups in total. The third kappa shape index (κ3) is 4.49. The first kappa shape index (κ1) is 22.6. The largest absolute Gasteiger partial charge is 1.00 e. The molecule has 2 aliphatic rings. The van der Waals surface area contributed by atoms with Crippen molar-refractivity contribution in [2.45, 2.75) is 56.2 Å². The molecule has 3 unspecified atom stereocenters. The minimum absolute atomic E-state index is 0. The second-order valence-corrected chi connectivity index (χ2v) is 8.62. The number of piperidine rings is 1. The minimum atomic E-state index is -4.41. The average molecular weight is 517 g/mol. The van der Waals surface area contributed by atoms with E-state index in [1.54, 1.807) is 12.1 Å². The van der Waals surface area contributed by atoms with E-state index in [2.05, 4.69) is 14.1 Å². The highest BCUT2D eigenvalue weighted by Gasteiger charge is 2.50. The molecule has 0 aromatic heterocycles. The predicted molar refractivity (Wildman–Crippen MR) is 103 cm³/mol. The minimum Gasteiger partial charge on any atom is -1.00 e. The van der Waals surface area contributed by atoms with E-state index in [1.165, 1.54) is 18.9 Å². The average Bonchev–Trinajstić information content (AvgIpc) is 2.84. The van der Waals surface area contributed by atoms with Crippen LogP contribution in [0.15, 0.2) is 54.6 Å². The highest BCUT2D eigenvalue weighted by molar-refractivity contribution is 5.37. The Morgan fingerprint density at radius 2 is 1.45 bits per heavy atom. The van der Waals surface area contributed by atoms with Gasteiger partial charge in [-0.1, -0.05) is 48.5 Å². The summed E-state index contributed by atoms with van der Waals surface area (Å²) in [4.78, 5) is 0. The number of nitrogens with zero attached hydrogens (tertiary/aromatic N) is 1. The summed E-state index contributed by atoms with van der Waals surface area (Å²) in [5.41, 5.74) is 0.359. The van der Waals surface area contributed by atoms with Gasteiger partial charge < -0.3 is 33.2 Å². The Kier molecular flexibility index (Phi) is 6.65. The summed E-state index contributed by atoms with van der Waals surface area (Å²) in [6.07, 6.45) is -0.981. The lowest BCUT2D eigenvalue weighted by molar-refractivity contribution is -0.931. The molecule has 2 aromatic carbocycles. The van der Waals surface area contributed by atoms with Crippen molar-refractivity contribution in [1.82, 2.24) is 0 Å². The molecule has 2 bridgehead atoms. The second-order valence-electron chi connectivity index (χ2n) is 8.62. The fourth-order valence-corrected chi connectivity index (χ4v) is 5.08. The first-order valence-electron chi connectivity index (χ1n) is 9.96. The lowest BCUT2D eigenvalue weighted by Crippen LogP contribution is -3.00. The molecule has 2 aliphatic heterocycles. The van der Waals surface area contributed by atoms with Crippen molar-refractivity contribution in [2.24, 2.45) is 0 Å². The molecule has 29 heavy (non-hydrogen) atoms. The van der Waals surface area contributed by atoms with Crippen LogP contribution in [0.5, 0.6) is 0 Å². The maximum absolute atomic E-state index is 13.7. The van der Waals surface area contributed by atoms with E-state index in [9.17, 15) is 13.2 Å². The van der Waals surface area contributed by atoms with Gasteiger partial charge in [-0.2, -0.15) is 13.2 Å². The van der Waals surface area contributed by atoms with Crippen molar-refractivity contribution in [1.29, 1.82) is 0 Å². The summed E-state index contributed by atoms with van der Waals surface area (Å²) in [6.45, 7) is 0. The standard InChI is InChI=1S/C23H27F3NO.HI/c1-27(2)17-12-13-18(27)15-19(14-17)28-22(16-8-4-3-5-9-16)20-10-6-7-11-21(20)23(24,25)26;/h3-11,17-19,22H,12-15H2,1-2H3;1H/q+1;/p-1. The Hall–Kier alpha value is -1.12. The number of rotatable bonds is 4. The third-order valence-electron chi connectivity index (χ3n) is 6.76.